The molecule has 34 heavy (non-hydrogen) atoms. The molecule has 184 valence electrons. The maximum absolute atomic E-state index is 12.5. The highest BCUT2D eigenvalue weighted by Crippen LogP contribution is 2.22. The number of nitrogens with zero attached hydrogens (tertiary/aromatic N) is 1. The van der Waals surface area contributed by atoms with E-state index in [4.69, 9.17) is 20.7 Å². The van der Waals surface area contributed by atoms with Crippen LogP contribution in [0, 0.1) is 5.92 Å². The molecule has 10 nitrogen and oxygen atoms in total. The van der Waals surface area contributed by atoms with Crippen LogP contribution in [-0.2, 0) is 30.4 Å². The molecule has 0 saturated heterocycles. The van der Waals surface area contributed by atoms with Crippen molar-refractivity contribution in [1.82, 2.24) is 10.3 Å². The Bertz CT molecular complexity index is 946. The van der Waals surface area contributed by atoms with Gasteiger partial charge < -0.3 is 21.3 Å². The Balaban J connectivity index is 0.00000182. The van der Waals surface area contributed by atoms with Crippen LogP contribution in [-0.4, -0.2) is 51.3 Å². The number of hydrogen-bond donors (Lipinski definition) is 4. The summed E-state index contributed by atoms with van der Waals surface area (Å²) in [6, 6.07) is 7.10. The number of ketones is 1. The molecule has 0 bridgehead atoms. The number of nitrogens with two attached hydrogens (primary N) is 1. The molecule has 0 radical (unpaired) electrons. The summed E-state index contributed by atoms with van der Waals surface area (Å²) in [6.07, 6.45) is 2.44. The van der Waals surface area contributed by atoms with Crippen LogP contribution in [0.1, 0.15) is 44.6 Å². The Labute approximate surface area is 201 Å². The molecule has 2 atom stereocenters. The number of aliphatic carboxylic acids is 1. The lowest BCUT2D eigenvalue weighted by atomic mass is 9.92. The van der Waals surface area contributed by atoms with Crippen molar-refractivity contribution in [2.24, 2.45) is 11.7 Å². The normalized spacial score (nSPS) is 11.9. The third-order valence-corrected chi connectivity index (χ3v) is 5.78. The van der Waals surface area contributed by atoms with Gasteiger partial charge in [-0.1, -0.05) is 31.2 Å². The van der Waals surface area contributed by atoms with Crippen LogP contribution in [0.5, 0.6) is 0 Å². The first kappa shape index (κ1) is 28.4. The van der Waals surface area contributed by atoms with E-state index in [2.05, 4.69) is 10.3 Å². The molecule has 5 N–H and O–H groups in total. The summed E-state index contributed by atoms with van der Waals surface area (Å²) in [6.45, 7) is 1.51. The fourth-order valence-corrected chi connectivity index (χ4v) is 3.79. The van der Waals surface area contributed by atoms with Gasteiger partial charge in [-0.05, 0) is 24.8 Å². The van der Waals surface area contributed by atoms with E-state index in [1.807, 2.05) is 29.6 Å². The first-order chi connectivity index (χ1) is 16.2. The molecule has 0 saturated carbocycles. The van der Waals surface area contributed by atoms with Gasteiger partial charge in [-0.15, -0.1) is 11.3 Å². The Morgan fingerprint density at radius 3 is 2.32 bits per heavy atom. The van der Waals surface area contributed by atoms with Crippen LogP contribution in [0.15, 0.2) is 35.8 Å². The largest absolute Gasteiger partial charge is 0.483 e. The van der Waals surface area contributed by atoms with Gasteiger partial charge in [0.2, 0.25) is 11.8 Å². The average Bonchev–Trinajstić information content (AvgIpc) is 3.34. The Hall–Kier alpha value is -3.60. The molecule has 11 heteroatoms. The van der Waals surface area contributed by atoms with Gasteiger partial charge in [0.1, 0.15) is 5.01 Å². The predicted octanol–water partition coefficient (Wildman–Crippen LogP) is 2.26. The van der Waals surface area contributed by atoms with Gasteiger partial charge in [0.15, 0.2) is 5.78 Å². The molecule has 2 rings (SSSR count). The lowest BCUT2D eigenvalue weighted by molar-refractivity contribution is -0.138. The smallest absolute Gasteiger partial charge is 0.303 e. The van der Waals surface area contributed by atoms with Crippen molar-refractivity contribution in [3.8, 4) is 10.6 Å². The summed E-state index contributed by atoms with van der Waals surface area (Å²) in [4.78, 5) is 59.7. The number of hydrogen-bond acceptors (Lipinski definition) is 7. The van der Waals surface area contributed by atoms with Crippen molar-refractivity contribution in [2.45, 2.75) is 51.5 Å². The van der Waals surface area contributed by atoms with Crippen LogP contribution in [0.2, 0.25) is 0 Å². The fourth-order valence-electron chi connectivity index (χ4n) is 3.14. The lowest BCUT2D eigenvalue weighted by Gasteiger charge is -2.19. The Kier molecular flexibility index (Phi) is 12.8. The molecule has 1 aromatic heterocycles. The molecule has 0 unspecified atom stereocenters. The lowest BCUT2D eigenvalue weighted by Crippen LogP contribution is -2.42. The van der Waals surface area contributed by atoms with Gasteiger partial charge in [-0.3, -0.25) is 24.0 Å². The van der Waals surface area contributed by atoms with Crippen LogP contribution < -0.4 is 11.1 Å². The van der Waals surface area contributed by atoms with Gasteiger partial charge in [0, 0.05) is 42.3 Å². The number of nitrogens with one attached hydrogen (secondary N) is 1. The number of carbonyl (C=O) groups excluding carboxylic acids is 3. The second kappa shape index (κ2) is 15.3. The molecule has 0 aliphatic heterocycles. The maximum Gasteiger partial charge on any atom is 0.303 e. The van der Waals surface area contributed by atoms with Crippen LogP contribution >= 0.6 is 11.3 Å². The van der Waals surface area contributed by atoms with Crippen molar-refractivity contribution in [2.75, 3.05) is 0 Å². The number of carboxylic acid groups (broad SMARTS) is 2. The van der Waals surface area contributed by atoms with E-state index in [0.717, 1.165) is 16.1 Å². The summed E-state index contributed by atoms with van der Waals surface area (Å²) in [7, 11) is 0. The first-order valence-corrected chi connectivity index (χ1v) is 11.5. The van der Waals surface area contributed by atoms with Crippen molar-refractivity contribution < 1.29 is 34.2 Å². The number of amides is 2. The van der Waals surface area contributed by atoms with Crippen molar-refractivity contribution in [1.29, 1.82) is 0 Å². The van der Waals surface area contributed by atoms with Gasteiger partial charge in [-0.25, -0.2) is 4.98 Å². The second-order valence-corrected chi connectivity index (χ2v) is 8.26. The van der Waals surface area contributed by atoms with Gasteiger partial charge in [0.05, 0.1) is 6.04 Å². The number of primary amides is 1. The molecule has 0 spiro atoms. The topological polar surface area (TPSA) is 177 Å². The van der Waals surface area contributed by atoms with Gasteiger partial charge in [0.25, 0.3) is 6.47 Å². The molecule has 1 aromatic carbocycles. The molecule has 0 aliphatic carbocycles. The molecular formula is C23H29N3O7S. The van der Waals surface area contributed by atoms with Crippen LogP contribution in [0.3, 0.4) is 0 Å². The molecule has 0 aliphatic rings. The minimum Gasteiger partial charge on any atom is -0.483 e. The number of rotatable bonds is 13. The molecule has 2 amide bonds. The average molecular weight is 492 g/mol. The monoisotopic (exact) mass is 491 g/mol. The van der Waals surface area contributed by atoms with Crippen molar-refractivity contribution >= 4 is 41.4 Å². The predicted molar refractivity (Wildman–Crippen MR) is 126 cm³/mol. The number of Topliss-reactive ketones (excluding diaryl/α,β-unsaturated/α-hetero) is 1. The second-order valence-electron chi connectivity index (χ2n) is 7.37. The Morgan fingerprint density at radius 1 is 1.18 bits per heavy atom. The number of benzene rings is 1. The van der Waals surface area contributed by atoms with E-state index in [0.29, 0.717) is 12.8 Å². The highest BCUT2D eigenvalue weighted by molar-refractivity contribution is 7.13. The van der Waals surface area contributed by atoms with Crippen LogP contribution in [0.25, 0.3) is 10.6 Å². The van der Waals surface area contributed by atoms with Crippen molar-refractivity contribution in [3.05, 3.63) is 41.4 Å². The maximum atomic E-state index is 12.5. The van der Waals surface area contributed by atoms with Crippen LogP contribution in [0.4, 0.5) is 0 Å². The number of aryl methyl sites for hydroxylation is 1. The van der Waals surface area contributed by atoms with Gasteiger partial charge in [-0.2, -0.15) is 0 Å². The number of carbonyl (C=O) groups is 5. The van der Waals surface area contributed by atoms with E-state index in [1.165, 1.54) is 0 Å². The first-order valence-electron chi connectivity index (χ1n) is 10.6. The molecule has 1 heterocycles. The number of thiazole rings is 1. The summed E-state index contributed by atoms with van der Waals surface area (Å²) in [5.74, 6) is -3.20. The van der Waals surface area contributed by atoms with E-state index >= 15 is 0 Å². The summed E-state index contributed by atoms with van der Waals surface area (Å²) in [5.41, 5.74) is 7.31. The minimum atomic E-state index is -1.06. The standard InChI is InChI=1S/C22H27N3O5S.CH2O2/c1-2-17(18(26)13-16(21(23)30)8-10-20(28)29)25-19(27)9-5-14-3-6-15(7-4-14)22-24-11-12-31-22;2-1-3/h3-4,6-7,11-12,16-17H,2,5,8-10,13H2,1H3,(H2,23,30)(H,25,27)(H,28,29);1H,(H,2,3)/t16-,17+;/m1./s1. The van der Waals surface area contributed by atoms with Crippen molar-refractivity contribution in [3.63, 3.8) is 0 Å². The van der Waals surface area contributed by atoms with E-state index in [-0.39, 0.29) is 43.8 Å². The highest BCUT2D eigenvalue weighted by atomic mass is 32.1. The molecular weight excluding hydrogens is 462 g/mol. The van der Waals surface area contributed by atoms with E-state index in [9.17, 15) is 19.2 Å². The zero-order valence-electron chi connectivity index (χ0n) is 18.8. The highest BCUT2D eigenvalue weighted by Gasteiger charge is 2.25. The third-order valence-electron chi connectivity index (χ3n) is 4.96. The van der Waals surface area contributed by atoms with E-state index < -0.39 is 23.8 Å². The summed E-state index contributed by atoms with van der Waals surface area (Å²) >= 11 is 1.56. The zero-order valence-corrected chi connectivity index (χ0v) is 19.6. The minimum absolute atomic E-state index is 0.00221. The SMILES string of the molecule is CC[C@H](NC(=O)CCc1ccc(-c2nccs2)cc1)C(=O)C[C@@H](CCC(=O)O)C(N)=O.O=CO. The summed E-state index contributed by atoms with van der Waals surface area (Å²) in [5, 5.41) is 21.2. The summed E-state index contributed by atoms with van der Waals surface area (Å²) < 4.78 is 0. The third kappa shape index (κ3) is 10.3. The quantitative estimate of drug-likeness (QED) is 0.308. The number of carboxylic acids is 1. The Morgan fingerprint density at radius 2 is 1.82 bits per heavy atom. The number of aromatic nitrogens is 1. The van der Waals surface area contributed by atoms with Gasteiger partial charge >= 0.3 is 5.97 Å². The fraction of sp³-hybridized carbons (Fsp3) is 0.391. The van der Waals surface area contributed by atoms with E-state index in [1.54, 1.807) is 24.5 Å². The zero-order chi connectivity index (χ0) is 25.5. The molecule has 0 fully saturated rings. The molecule has 2 aromatic rings.